The molecule has 0 aliphatic carbocycles. The molecule has 0 saturated carbocycles. The van der Waals surface area contributed by atoms with Gasteiger partial charge in [-0.3, -0.25) is 0 Å². The number of amidine groups is 1. The average Bonchev–Trinajstić information content (AvgIpc) is 2.10. The van der Waals surface area contributed by atoms with E-state index >= 15 is 0 Å². The zero-order valence-electron chi connectivity index (χ0n) is 9.32. The third kappa shape index (κ3) is 7.82. The first-order chi connectivity index (χ1) is 6.56. The first-order valence-corrected chi connectivity index (χ1v) is 4.90. The number of nitrogens with two attached hydrogens (primary N) is 1. The number of hydrogen-bond acceptors (Lipinski definition) is 4. The van der Waals surface area contributed by atoms with Gasteiger partial charge in [-0.1, -0.05) is 5.16 Å². The van der Waals surface area contributed by atoms with E-state index in [0.717, 1.165) is 19.5 Å². The zero-order chi connectivity index (χ0) is 11.0. The molecule has 0 aliphatic heterocycles. The number of nitrogens with one attached hydrogen (secondary N) is 1. The predicted molar refractivity (Wildman–Crippen MR) is 58.7 cm³/mol. The van der Waals surface area contributed by atoms with Crippen LogP contribution in [0.25, 0.3) is 0 Å². The van der Waals surface area contributed by atoms with Crippen molar-refractivity contribution in [3.63, 3.8) is 0 Å². The Balaban J connectivity index is 3.36. The van der Waals surface area contributed by atoms with Gasteiger partial charge in [-0.15, -0.1) is 0 Å². The number of hydrogen-bond donors (Lipinski definition) is 3. The highest BCUT2D eigenvalue weighted by Crippen LogP contribution is 1.89. The molecule has 84 valence electrons. The topological polar surface area (TPSA) is 73.9 Å². The van der Waals surface area contributed by atoms with E-state index in [1.54, 1.807) is 0 Å². The monoisotopic (exact) mass is 202 g/mol. The van der Waals surface area contributed by atoms with Crippen molar-refractivity contribution in [1.82, 2.24) is 10.2 Å². The van der Waals surface area contributed by atoms with Crippen molar-refractivity contribution >= 4 is 5.84 Å². The Morgan fingerprint density at radius 1 is 1.57 bits per heavy atom. The molecule has 4 N–H and O–H groups in total. The largest absolute Gasteiger partial charge is 0.409 e. The van der Waals surface area contributed by atoms with Crippen LogP contribution in [0.15, 0.2) is 5.16 Å². The van der Waals surface area contributed by atoms with Gasteiger partial charge in [0, 0.05) is 19.0 Å². The fraction of sp³-hybridized carbons (Fsp3) is 0.889. The van der Waals surface area contributed by atoms with Crippen LogP contribution in [0.5, 0.6) is 0 Å². The van der Waals surface area contributed by atoms with Crippen LogP contribution in [-0.4, -0.2) is 49.2 Å². The average molecular weight is 202 g/mol. The summed E-state index contributed by atoms with van der Waals surface area (Å²) in [7, 11) is 4.10. The van der Waals surface area contributed by atoms with Gasteiger partial charge in [-0.05, 0) is 34.0 Å². The van der Waals surface area contributed by atoms with Gasteiger partial charge >= 0.3 is 0 Å². The molecular weight excluding hydrogens is 180 g/mol. The van der Waals surface area contributed by atoms with Gasteiger partial charge in [0.1, 0.15) is 5.84 Å². The van der Waals surface area contributed by atoms with Crippen LogP contribution >= 0.6 is 0 Å². The van der Waals surface area contributed by atoms with Crippen LogP contribution in [0.2, 0.25) is 0 Å². The molecule has 0 bridgehead atoms. The molecule has 0 saturated heterocycles. The fourth-order valence-electron chi connectivity index (χ4n) is 1.28. The zero-order valence-corrected chi connectivity index (χ0v) is 9.32. The molecule has 1 atom stereocenters. The van der Waals surface area contributed by atoms with E-state index in [2.05, 4.69) is 36.4 Å². The Labute approximate surface area is 86.0 Å². The highest BCUT2D eigenvalue weighted by atomic mass is 16.4. The standard InChI is InChI=1S/C9H22N4O/c1-8(7-13(2)3)11-6-4-5-9(10)12-14/h8,11,14H,4-7H2,1-3H3,(H2,10,12). The van der Waals surface area contributed by atoms with E-state index < -0.39 is 0 Å². The molecule has 0 aliphatic rings. The molecule has 14 heavy (non-hydrogen) atoms. The highest BCUT2D eigenvalue weighted by molar-refractivity contribution is 5.79. The lowest BCUT2D eigenvalue weighted by molar-refractivity contribution is 0.316. The maximum atomic E-state index is 8.30. The van der Waals surface area contributed by atoms with E-state index in [1.807, 2.05) is 0 Å². The molecule has 0 aromatic heterocycles. The summed E-state index contributed by atoms with van der Waals surface area (Å²) >= 11 is 0. The van der Waals surface area contributed by atoms with Crippen molar-refractivity contribution in [3.8, 4) is 0 Å². The van der Waals surface area contributed by atoms with Gasteiger partial charge in [-0.25, -0.2) is 0 Å². The van der Waals surface area contributed by atoms with Crippen LogP contribution in [0, 0.1) is 0 Å². The first-order valence-electron chi connectivity index (χ1n) is 4.90. The van der Waals surface area contributed by atoms with Gasteiger partial charge in [-0.2, -0.15) is 0 Å². The van der Waals surface area contributed by atoms with Crippen molar-refractivity contribution in [3.05, 3.63) is 0 Å². The molecule has 0 aromatic carbocycles. The van der Waals surface area contributed by atoms with Gasteiger partial charge < -0.3 is 21.2 Å². The van der Waals surface area contributed by atoms with Crippen LogP contribution < -0.4 is 11.1 Å². The van der Waals surface area contributed by atoms with Crippen molar-refractivity contribution in [2.75, 3.05) is 27.2 Å². The number of nitrogens with zero attached hydrogens (tertiary/aromatic N) is 2. The molecule has 5 heteroatoms. The third-order valence-electron chi connectivity index (χ3n) is 1.87. The Kier molecular flexibility index (Phi) is 7.14. The minimum Gasteiger partial charge on any atom is -0.409 e. The summed E-state index contributed by atoms with van der Waals surface area (Å²) in [6.45, 7) is 4.05. The van der Waals surface area contributed by atoms with Crippen molar-refractivity contribution in [2.45, 2.75) is 25.8 Å². The van der Waals surface area contributed by atoms with Gasteiger partial charge in [0.25, 0.3) is 0 Å². The normalized spacial score (nSPS) is 14.7. The van der Waals surface area contributed by atoms with Crippen molar-refractivity contribution in [2.24, 2.45) is 10.9 Å². The lowest BCUT2D eigenvalue weighted by atomic mass is 10.2. The molecule has 0 radical (unpaired) electrons. The lowest BCUT2D eigenvalue weighted by Crippen LogP contribution is -2.36. The van der Waals surface area contributed by atoms with E-state index in [1.165, 1.54) is 0 Å². The minimum absolute atomic E-state index is 0.298. The van der Waals surface area contributed by atoms with Crippen LogP contribution in [0.4, 0.5) is 0 Å². The molecule has 5 nitrogen and oxygen atoms in total. The van der Waals surface area contributed by atoms with E-state index in [9.17, 15) is 0 Å². The van der Waals surface area contributed by atoms with Crippen LogP contribution in [0.3, 0.4) is 0 Å². The van der Waals surface area contributed by atoms with Crippen molar-refractivity contribution in [1.29, 1.82) is 0 Å². The predicted octanol–water partition coefficient (Wildman–Crippen LogP) is 0.0527. The van der Waals surface area contributed by atoms with E-state index in [-0.39, 0.29) is 0 Å². The summed E-state index contributed by atoms with van der Waals surface area (Å²) in [4.78, 5) is 2.14. The molecule has 0 amide bonds. The fourth-order valence-corrected chi connectivity index (χ4v) is 1.28. The smallest absolute Gasteiger partial charge is 0.139 e. The Hall–Kier alpha value is -0.810. The molecule has 0 fully saturated rings. The second-order valence-electron chi connectivity index (χ2n) is 3.81. The number of oxime groups is 1. The van der Waals surface area contributed by atoms with Gasteiger partial charge in [0.15, 0.2) is 0 Å². The summed E-state index contributed by atoms with van der Waals surface area (Å²) < 4.78 is 0. The van der Waals surface area contributed by atoms with Crippen LogP contribution in [-0.2, 0) is 0 Å². The summed E-state index contributed by atoms with van der Waals surface area (Å²) in [5.41, 5.74) is 5.33. The molecule has 0 rings (SSSR count). The SMILES string of the molecule is CC(CN(C)C)NCCCC(N)=NO. The molecular formula is C9H22N4O. The Morgan fingerprint density at radius 2 is 2.21 bits per heavy atom. The van der Waals surface area contributed by atoms with Gasteiger partial charge in [0.05, 0.1) is 0 Å². The third-order valence-corrected chi connectivity index (χ3v) is 1.87. The quantitative estimate of drug-likeness (QED) is 0.179. The highest BCUT2D eigenvalue weighted by Gasteiger charge is 2.01. The molecule has 0 aromatic rings. The minimum atomic E-state index is 0.298. The maximum Gasteiger partial charge on any atom is 0.139 e. The summed E-state index contributed by atoms with van der Waals surface area (Å²) in [6, 6.07) is 0.470. The summed E-state index contributed by atoms with van der Waals surface area (Å²) in [5, 5.41) is 14.6. The number of rotatable bonds is 7. The van der Waals surface area contributed by atoms with E-state index in [0.29, 0.717) is 18.3 Å². The summed E-state index contributed by atoms with van der Waals surface area (Å²) in [6.07, 6.45) is 1.53. The maximum absolute atomic E-state index is 8.30. The second kappa shape index (κ2) is 7.58. The van der Waals surface area contributed by atoms with Gasteiger partial charge in [0.2, 0.25) is 0 Å². The molecule has 1 unspecified atom stereocenters. The van der Waals surface area contributed by atoms with Crippen LogP contribution in [0.1, 0.15) is 19.8 Å². The van der Waals surface area contributed by atoms with Crippen molar-refractivity contribution < 1.29 is 5.21 Å². The summed E-state index contributed by atoms with van der Waals surface area (Å²) in [5.74, 6) is 0.298. The molecule has 0 heterocycles. The second-order valence-corrected chi connectivity index (χ2v) is 3.81. The Morgan fingerprint density at radius 3 is 2.71 bits per heavy atom. The van der Waals surface area contributed by atoms with E-state index in [4.69, 9.17) is 10.9 Å². The number of likely N-dealkylation sites (N-methyl/N-ethyl adjacent to an activating group) is 1. The first kappa shape index (κ1) is 13.2. The Bertz CT molecular complexity index is 170. The lowest BCUT2D eigenvalue weighted by Gasteiger charge is -2.18. The molecule has 0 spiro atoms.